The zero-order valence-electron chi connectivity index (χ0n) is 15.0. The first-order valence-electron chi connectivity index (χ1n) is 7.81. The first-order chi connectivity index (χ1) is 12.2. The van der Waals surface area contributed by atoms with Crippen LogP contribution < -0.4 is 4.74 Å². The minimum absolute atomic E-state index is 0.0556. The molecule has 0 fully saturated rings. The number of ether oxygens (including phenoxy) is 1. The Bertz CT molecular complexity index is 783. The number of alkyl halides is 5. The molecule has 1 aliphatic carbocycles. The van der Waals surface area contributed by atoms with Gasteiger partial charge in [-0.05, 0) is 24.8 Å². The molecule has 0 aromatic carbocycles. The van der Waals surface area contributed by atoms with Crippen LogP contribution in [-0.2, 0) is 10.7 Å². The van der Waals surface area contributed by atoms with Gasteiger partial charge in [-0.15, -0.1) is 5.10 Å². The van der Waals surface area contributed by atoms with Gasteiger partial charge in [-0.3, -0.25) is 4.79 Å². The van der Waals surface area contributed by atoms with Crippen molar-refractivity contribution in [1.82, 2.24) is 15.1 Å². The highest BCUT2D eigenvalue weighted by atomic mass is 32.1. The summed E-state index contributed by atoms with van der Waals surface area (Å²) in [7, 11) is 1.52. The van der Waals surface area contributed by atoms with Crippen LogP contribution in [0.15, 0.2) is 23.4 Å². The van der Waals surface area contributed by atoms with Crippen molar-refractivity contribution in [2.75, 3.05) is 13.7 Å². The molecule has 0 bridgehead atoms. The van der Waals surface area contributed by atoms with Crippen molar-refractivity contribution < 1.29 is 31.5 Å². The summed E-state index contributed by atoms with van der Waals surface area (Å²) in [5.74, 6) is -5.64. The zero-order chi connectivity index (χ0) is 20.6. The molecule has 1 heterocycles. The van der Waals surface area contributed by atoms with Crippen LogP contribution in [0.4, 0.5) is 22.0 Å². The molecule has 0 saturated carbocycles. The largest absolute Gasteiger partial charge is 0.460 e. The second-order valence-electron chi connectivity index (χ2n) is 6.91. The van der Waals surface area contributed by atoms with E-state index in [1.165, 1.54) is 11.9 Å². The van der Waals surface area contributed by atoms with Crippen molar-refractivity contribution in [1.29, 1.82) is 0 Å². The Hall–Kier alpha value is -2.04. The second-order valence-corrected chi connectivity index (χ2v) is 7.85. The minimum atomic E-state index is -5.79. The maximum absolute atomic E-state index is 13.2. The van der Waals surface area contributed by atoms with Crippen LogP contribution >= 0.6 is 11.3 Å². The van der Waals surface area contributed by atoms with Gasteiger partial charge in [0.1, 0.15) is 0 Å². The number of nitrogens with zero attached hydrogens (tertiary/aromatic N) is 3. The van der Waals surface area contributed by atoms with Gasteiger partial charge < -0.3 is 9.64 Å². The summed E-state index contributed by atoms with van der Waals surface area (Å²) in [4.78, 5) is 13.6. The summed E-state index contributed by atoms with van der Waals surface area (Å²) >= 11 is -0.0556. The van der Waals surface area contributed by atoms with Gasteiger partial charge in [0.15, 0.2) is 11.6 Å². The number of aromatic nitrogens is 2. The third-order valence-corrected chi connectivity index (χ3v) is 4.68. The number of hydrogen-bond acceptors (Lipinski definition) is 5. The predicted molar refractivity (Wildman–Crippen MR) is 88.4 cm³/mol. The number of hydrogen-bond donors (Lipinski definition) is 0. The lowest BCUT2D eigenvalue weighted by Crippen LogP contribution is -2.33. The smallest absolute Gasteiger partial charge is 0.459 e. The molecule has 1 amide bonds. The monoisotopic (exact) mass is 411 g/mol. The Morgan fingerprint density at radius 1 is 1.30 bits per heavy atom. The van der Waals surface area contributed by atoms with Crippen LogP contribution in [0.5, 0.6) is 5.19 Å². The van der Waals surface area contributed by atoms with Crippen LogP contribution in [0, 0.1) is 5.41 Å². The topological polar surface area (TPSA) is 55.3 Å². The van der Waals surface area contributed by atoms with E-state index in [0.29, 0.717) is 5.70 Å². The number of carbonyl (C=O) groups excluding carboxylic acids is 1. The van der Waals surface area contributed by atoms with Crippen molar-refractivity contribution >= 4 is 17.2 Å². The molecule has 1 aliphatic rings. The highest BCUT2D eigenvalue weighted by Crippen LogP contribution is 2.45. The first-order valence-corrected chi connectivity index (χ1v) is 8.62. The van der Waals surface area contributed by atoms with Gasteiger partial charge in [0.25, 0.3) is 11.1 Å². The fourth-order valence-electron chi connectivity index (χ4n) is 2.59. The maximum atomic E-state index is 13.2. The van der Waals surface area contributed by atoms with Gasteiger partial charge in [0.2, 0.25) is 0 Å². The average Bonchev–Trinajstić information content (AvgIpc) is 2.98. The van der Waals surface area contributed by atoms with E-state index in [-0.39, 0.29) is 16.8 Å². The number of likely N-dealkylation sites (N-methyl/N-ethyl adjacent to an activating group) is 1. The predicted octanol–water partition coefficient (Wildman–Crippen LogP) is 4.29. The molecule has 0 unspecified atom stereocenters. The summed E-state index contributed by atoms with van der Waals surface area (Å²) in [6, 6.07) is 0. The quantitative estimate of drug-likeness (QED) is 0.679. The Balaban J connectivity index is 2.03. The summed E-state index contributed by atoms with van der Waals surface area (Å²) in [6.07, 6.45) is -1.18. The molecule has 1 aromatic rings. The van der Waals surface area contributed by atoms with E-state index >= 15 is 0 Å². The van der Waals surface area contributed by atoms with Gasteiger partial charge in [0.05, 0.1) is 0 Å². The summed E-state index contributed by atoms with van der Waals surface area (Å²) in [5.41, 5.74) is 1.60. The van der Waals surface area contributed by atoms with Gasteiger partial charge in [-0.25, -0.2) is 0 Å². The third kappa shape index (κ3) is 4.82. The fraction of sp³-hybridized carbons (Fsp3) is 0.562. The van der Waals surface area contributed by atoms with Crippen molar-refractivity contribution in [2.24, 2.45) is 5.41 Å². The van der Waals surface area contributed by atoms with Crippen LogP contribution in [0.25, 0.3) is 0 Å². The lowest BCUT2D eigenvalue weighted by Gasteiger charge is -2.30. The Kier molecular flexibility index (Phi) is 5.65. The minimum Gasteiger partial charge on any atom is -0.459 e. The van der Waals surface area contributed by atoms with Gasteiger partial charge in [-0.1, -0.05) is 41.9 Å². The molecular formula is C16H18F5N3O2S. The van der Waals surface area contributed by atoms with Crippen LogP contribution in [0.3, 0.4) is 0 Å². The molecule has 0 N–H and O–H groups in total. The Labute approximate surface area is 156 Å². The van der Waals surface area contributed by atoms with E-state index in [2.05, 4.69) is 10.2 Å². The number of carbonyl (C=O) groups is 1. The van der Waals surface area contributed by atoms with Gasteiger partial charge in [0, 0.05) is 12.7 Å². The fourth-order valence-corrected chi connectivity index (χ4v) is 3.28. The zero-order valence-corrected chi connectivity index (χ0v) is 15.8. The van der Waals surface area contributed by atoms with E-state index in [1.54, 1.807) is 0 Å². The summed E-state index contributed by atoms with van der Waals surface area (Å²) in [5, 5.41) is 3.89. The van der Waals surface area contributed by atoms with E-state index < -0.39 is 34.8 Å². The Morgan fingerprint density at radius 3 is 2.48 bits per heavy atom. The number of rotatable bonds is 5. The molecule has 0 radical (unpaired) electrons. The SMILES string of the molecule is CC1=CC(N(C)C(=O)COc2nnc(C(F)(F)C(F)(F)F)s2)=CC(C)(C)C1. The Morgan fingerprint density at radius 2 is 1.93 bits per heavy atom. The van der Waals surface area contributed by atoms with E-state index in [0.717, 1.165) is 12.0 Å². The lowest BCUT2D eigenvalue weighted by atomic mass is 9.81. The molecule has 0 saturated heterocycles. The summed E-state index contributed by atoms with van der Waals surface area (Å²) < 4.78 is 68.3. The number of halogens is 5. The second kappa shape index (κ2) is 7.17. The molecule has 11 heteroatoms. The van der Waals surface area contributed by atoms with E-state index in [9.17, 15) is 26.7 Å². The van der Waals surface area contributed by atoms with Crippen LogP contribution in [-0.4, -0.2) is 40.8 Å². The lowest BCUT2D eigenvalue weighted by molar-refractivity contribution is -0.289. The number of amides is 1. The van der Waals surface area contributed by atoms with Gasteiger partial charge >= 0.3 is 12.1 Å². The van der Waals surface area contributed by atoms with Crippen molar-refractivity contribution in [3.05, 3.63) is 28.4 Å². The molecule has 0 atom stereocenters. The molecular weight excluding hydrogens is 393 g/mol. The third-order valence-electron chi connectivity index (χ3n) is 3.78. The molecule has 0 spiro atoms. The van der Waals surface area contributed by atoms with Gasteiger partial charge in [-0.2, -0.15) is 22.0 Å². The van der Waals surface area contributed by atoms with Crippen LogP contribution in [0.1, 0.15) is 32.2 Å². The van der Waals surface area contributed by atoms with Crippen molar-refractivity contribution in [2.45, 2.75) is 39.3 Å². The molecule has 0 aliphatic heterocycles. The van der Waals surface area contributed by atoms with Crippen molar-refractivity contribution in [3.8, 4) is 5.19 Å². The first kappa shape index (κ1) is 21.3. The average molecular weight is 411 g/mol. The highest BCUT2D eigenvalue weighted by Gasteiger charge is 2.61. The van der Waals surface area contributed by atoms with Crippen LogP contribution in [0.2, 0.25) is 0 Å². The van der Waals surface area contributed by atoms with E-state index in [4.69, 9.17) is 4.74 Å². The standard InChI is InChI=1S/C16H18F5N3O2S/c1-9-5-10(7-14(2,3)6-9)24(4)11(25)8-26-13-23-22-12(27-13)15(17,18)16(19,20)21/h5,7H,6,8H2,1-4H3. The molecule has 150 valence electrons. The van der Waals surface area contributed by atoms with Crippen molar-refractivity contribution in [3.63, 3.8) is 0 Å². The normalized spacial score (nSPS) is 17.2. The highest BCUT2D eigenvalue weighted by molar-refractivity contribution is 7.13. The molecule has 5 nitrogen and oxygen atoms in total. The number of allylic oxidation sites excluding steroid dienone is 3. The molecule has 1 aromatic heterocycles. The maximum Gasteiger partial charge on any atom is 0.460 e. The molecule has 2 rings (SSSR count). The summed E-state index contributed by atoms with van der Waals surface area (Å²) in [6.45, 7) is 5.39. The molecule has 27 heavy (non-hydrogen) atoms. The van der Waals surface area contributed by atoms with E-state index in [1.807, 2.05) is 32.9 Å².